The van der Waals surface area contributed by atoms with Gasteiger partial charge in [0.15, 0.2) is 0 Å². The highest BCUT2D eigenvalue weighted by Crippen LogP contribution is 2.67. The topological polar surface area (TPSA) is 3.24 Å². The van der Waals surface area contributed by atoms with Crippen LogP contribution in [-0.4, -0.2) is 0 Å². The zero-order chi connectivity index (χ0) is 37.9. The molecule has 0 radical (unpaired) electrons. The molecule has 0 saturated carbocycles. The van der Waals surface area contributed by atoms with E-state index < -0.39 is 5.41 Å². The van der Waals surface area contributed by atoms with E-state index in [0.717, 1.165) is 11.4 Å². The third-order valence-corrected chi connectivity index (χ3v) is 13.2. The van der Waals surface area contributed by atoms with Crippen molar-refractivity contribution in [1.29, 1.82) is 0 Å². The van der Waals surface area contributed by atoms with Gasteiger partial charge in [-0.15, -0.1) is 0 Å². The van der Waals surface area contributed by atoms with E-state index in [-0.39, 0.29) is 5.41 Å². The van der Waals surface area contributed by atoms with Gasteiger partial charge in [-0.05, 0) is 102 Å². The SMILES string of the molecule is CC1(C)c2ccccc2-c2ccc(N(c3ccccc3)c3c(-c4ccccc4)c4c(c5ccccc35)C3(c5ccccc5-c5ccccc53)c3ccccc3-4)cc21. The fourth-order valence-corrected chi connectivity index (χ4v) is 11.0. The Kier molecular flexibility index (Phi) is 6.67. The van der Waals surface area contributed by atoms with Crippen molar-refractivity contribution in [2.45, 2.75) is 24.7 Å². The van der Waals surface area contributed by atoms with Crippen molar-refractivity contribution in [3.05, 3.63) is 234 Å². The number of hydrogen-bond donors (Lipinski definition) is 0. The highest BCUT2D eigenvalue weighted by Gasteiger charge is 2.53. The number of hydrogen-bond acceptors (Lipinski definition) is 1. The maximum atomic E-state index is 2.55. The molecule has 0 aliphatic heterocycles. The van der Waals surface area contributed by atoms with Gasteiger partial charge in [0.2, 0.25) is 0 Å². The summed E-state index contributed by atoms with van der Waals surface area (Å²) >= 11 is 0. The lowest BCUT2D eigenvalue weighted by molar-refractivity contribution is 0.660. The second-order valence-corrected chi connectivity index (χ2v) is 16.3. The van der Waals surface area contributed by atoms with E-state index in [2.05, 4.69) is 219 Å². The van der Waals surface area contributed by atoms with Crippen molar-refractivity contribution in [1.82, 2.24) is 0 Å². The quantitative estimate of drug-likeness (QED) is 0.175. The number of benzene rings is 9. The molecule has 0 amide bonds. The Balaban J connectivity index is 1.26. The summed E-state index contributed by atoms with van der Waals surface area (Å²) in [6.45, 7) is 4.75. The molecule has 268 valence electrons. The van der Waals surface area contributed by atoms with Crippen LogP contribution in [-0.2, 0) is 10.8 Å². The van der Waals surface area contributed by atoms with Crippen molar-refractivity contribution in [3.8, 4) is 44.5 Å². The van der Waals surface area contributed by atoms with Crippen LogP contribution in [0.4, 0.5) is 17.1 Å². The summed E-state index contributed by atoms with van der Waals surface area (Å²) in [5.74, 6) is 0. The van der Waals surface area contributed by atoms with E-state index in [9.17, 15) is 0 Å². The molecule has 0 aromatic heterocycles. The summed E-state index contributed by atoms with van der Waals surface area (Å²) in [5, 5.41) is 2.51. The maximum absolute atomic E-state index is 2.55. The molecule has 1 heteroatoms. The molecule has 0 saturated heterocycles. The molecule has 3 aliphatic carbocycles. The minimum Gasteiger partial charge on any atom is -0.309 e. The summed E-state index contributed by atoms with van der Waals surface area (Å²) in [5.41, 5.74) is 21.4. The van der Waals surface area contributed by atoms with Gasteiger partial charge in [-0.25, -0.2) is 0 Å². The smallest absolute Gasteiger partial charge is 0.0731 e. The molecule has 3 aliphatic rings. The summed E-state index contributed by atoms with van der Waals surface area (Å²) in [4.78, 5) is 2.55. The molecule has 9 aromatic rings. The van der Waals surface area contributed by atoms with Crippen LogP contribution in [0.2, 0.25) is 0 Å². The molecule has 0 N–H and O–H groups in total. The van der Waals surface area contributed by atoms with Gasteiger partial charge in [-0.1, -0.05) is 190 Å². The Bertz CT molecular complexity index is 3050. The van der Waals surface area contributed by atoms with Gasteiger partial charge >= 0.3 is 0 Å². The van der Waals surface area contributed by atoms with Gasteiger partial charge in [-0.2, -0.15) is 0 Å². The first kappa shape index (κ1) is 32.3. The molecule has 1 nitrogen and oxygen atoms in total. The minimum atomic E-state index is -0.484. The van der Waals surface area contributed by atoms with Crippen molar-refractivity contribution in [3.63, 3.8) is 0 Å². The molecule has 0 atom stereocenters. The fourth-order valence-electron chi connectivity index (χ4n) is 11.0. The predicted molar refractivity (Wildman–Crippen MR) is 238 cm³/mol. The first-order chi connectivity index (χ1) is 28.1. The lowest BCUT2D eigenvalue weighted by atomic mass is 9.69. The first-order valence-corrected chi connectivity index (χ1v) is 20.1. The fraction of sp³-hybridized carbons (Fsp3) is 0.0714. The highest BCUT2D eigenvalue weighted by atomic mass is 15.1. The third kappa shape index (κ3) is 4.18. The van der Waals surface area contributed by atoms with Crippen molar-refractivity contribution in [2.24, 2.45) is 0 Å². The molecule has 0 unspecified atom stereocenters. The van der Waals surface area contributed by atoms with Crippen molar-refractivity contribution < 1.29 is 0 Å². The predicted octanol–water partition coefficient (Wildman–Crippen LogP) is 14.6. The Morgan fingerprint density at radius 3 is 1.47 bits per heavy atom. The normalized spacial score (nSPS) is 14.4. The van der Waals surface area contributed by atoms with E-state index in [1.807, 2.05) is 0 Å². The maximum Gasteiger partial charge on any atom is 0.0731 e. The van der Waals surface area contributed by atoms with Gasteiger partial charge in [0.25, 0.3) is 0 Å². The average molecular weight is 726 g/mol. The molecule has 1 spiro atoms. The highest BCUT2D eigenvalue weighted by molar-refractivity contribution is 6.17. The lowest BCUT2D eigenvalue weighted by Gasteiger charge is -2.35. The zero-order valence-electron chi connectivity index (χ0n) is 32.0. The third-order valence-electron chi connectivity index (χ3n) is 13.2. The lowest BCUT2D eigenvalue weighted by Crippen LogP contribution is -2.26. The summed E-state index contributed by atoms with van der Waals surface area (Å²) in [6.07, 6.45) is 0. The number of para-hydroxylation sites is 1. The van der Waals surface area contributed by atoms with Crippen LogP contribution in [0.15, 0.2) is 200 Å². The van der Waals surface area contributed by atoms with Crippen LogP contribution in [0, 0.1) is 0 Å². The number of anilines is 3. The van der Waals surface area contributed by atoms with Crippen LogP contribution in [0.1, 0.15) is 47.2 Å². The molecular formula is C56H39N. The molecule has 57 heavy (non-hydrogen) atoms. The molecule has 0 heterocycles. The summed E-state index contributed by atoms with van der Waals surface area (Å²) in [7, 11) is 0. The zero-order valence-corrected chi connectivity index (χ0v) is 32.0. The van der Waals surface area contributed by atoms with Gasteiger partial charge < -0.3 is 4.90 Å². The molecule has 0 fully saturated rings. The van der Waals surface area contributed by atoms with Crippen LogP contribution in [0.5, 0.6) is 0 Å². The largest absolute Gasteiger partial charge is 0.309 e. The average Bonchev–Trinajstić information content (AvgIpc) is 3.83. The van der Waals surface area contributed by atoms with Crippen LogP contribution in [0.25, 0.3) is 55.3 Å². The van der Waals surface area contributed by atoms with E-state index >= 15 is 0 Å². The molecular weight excluding hydrogens is 687 g/mol. The van der Waals surface area contributed by atoms with Crippen LogP contribution < -0.4 is 4.90 Å². The summed E-state index contributed by atoms with van der Waals surface area (Å²) in [6, 6.07) is 75.0. The van der Waals surface area contributed by atoms with Gasteiger partial charge in [0.05, 0.1) is 11.1 Å². The second-order valence-electron chi connectivity index (χ2n) is 16.3. The Morgan fingerprint density at radius 2 is 0.825 bits per heavy atom. The Labute approximate surface area is 334 Å². The van der Waals surface area contributed by atoms with Crippen molar-refractivity contribution in [2.75, 3.05) is 4.90 Å². The second kappa shape index (κ2) is 11.8. The van der Waals surface area contributed by atoms with E-state index in [4.69, 9.17) is 0 Å². The monoisotopic (exact) mass is 725 g/mol. The number of nitrogens with zero attached hydrogens (tertiary/aromatic N) is 1. The number of fused-ring (bicyclic) bond motifs is 15. The first-order valence-electron chi connectivity index (χ1n) is 20.1. The molecule has 12 rings (SSSR count). The van der Waals surface area contributed by atoms with E-state index in [1.54, 1.807) is 0 Å². The molecule has 0 bridgehead atoms. The van der Waals surface area contributed by atoms with Crippen LogP contribution in [0.3, 0.4) is 0 Å². The van der Waals surface area contributed by atoms with Crippen molar-refractivity contribution >= 4 is 27.8 Å². The van der Waals surface area contributed by atoms with Gasteiger partial charge in [0, 0.05) is 27.7 Å². The van der Waals surface area contributed by atoms with Crippen LogP contribution >= 0.6 is 0 Å². The Hall–Kier alpha value is -6.96. The summed E-state index contributed by atoms with van der Waals surface area (Å²) < 4.78 is 0. The van der Waals surface area contributed by atoms with Gasteiger partial charge in [-0.3, -0.25) is 0 Å². The number of rotatable bonds is 4. The van der Waals surface area contributed by atoms with E-state index in [0.29, 0.717) is 0 Å². The Morgan fingerprint density at radius 1 is 0.351 bits per heavy atom. The van der Waals surface area contributed by atoms with Gasteiger partial charge in [0.1, 0.15) is 0 Å². The van der Waals surface area contributed by atoms with E-state index in [1.165, 1.54) is 94.3 Å². The molecule has 9 aromatic carbocycles. The standard InChI is InChI=1S/C56H39N/c1-55(2)46-29-15-11-23-39(46)42-34-33-38(35-50(42)55)57(37-21-7-4-8-22-37)54-44-27-10-9-26-43(44)53-52(51(54)36-19-5-3-6-20-36)45-28-14-18-32-49(45)56(53)47-30-16-12-24-40(47)41-25-13-17-31-48(41)56/h3-35H,1-2H3. The minimum absolute atomic E-state index is 0.138.